The summed E-state index contributed by atoms with van der Waals surface area (Å²) < 4.78 is 4.97. The molecule has 0 fully saturated rings. The summed E-state index contributed by atoms with van der Waals surface area (Å²) in [4.78, 5) is 4.03. The van der Waals surface area contributed by atoms with Crippen LogP contribution in [0.3, 0.4) is 0 Å². The van der Waals surface area contributed by atoms with Crippen molar-refractivity contribution in [2.24, 2.45) is 0 Å². The fourth-order valence-electron chi connectivity index (χ4n) is 1.06. The van der Waals surface area contributed by atoms with Gasteiger partial charge in [-0.15, -0.1) is 0 Å². The van der Waals surface area contributed by atoms with Crippen LogP contribution in [0.4, 0.5) is 5.82 Å². The fourth-order valence-corrected chi connectivity index (χ4v) is 1.99. The molecule has 2 N–H and O–H groups in total. The highest BCUT2D eigenvalue weighted by molar-refractivity contribution is 7.98. The molecule has 0 unspecified atom stereocenters. The molecular weight excluding hydrogens is 196 g/mol. The Hall–Kier alpha value is -0.740. The second-order valence-electron chi connectivity index (χ2n) is 2.95. The van der Waals surface area contributed by atoms with Gasteiger partial charge in [0.15, 0.2) is 0 Å². The van der Waals surface area contributed by atoms with Crippen LogP contribution in [-0.4, -0.2) is 24.5 Å². The van der Waals surface area contributed by atoms with E-state index >= 15 is 0 Å². The normalized spacial score (nSPS) is 10.4. The predicted molar refractivity (Wildman–Crippen MR) is 61.3 cm³/mol. The van der Waals surface area contributed by atoms with Gasteiger partial charge in [0, 0.05) is 31.2 Å². The van der Waals surface area contributed by atoms with Crippen molar-refractivity contribution in [2.75, 3.05) is 25.2 Å². The van der Waals surface area contributed by atoms with Gasteiger partial charge in [-0.2, -0.15) is 11.8 Å². The summed E-state index contributed by atoms with van der Waals surface area (Å²) in [6.07, 6.45) is 2.80. The molecule has 3 nitrogen and oxygen atoms in total. The molecule has 1 aromatic heterocycles. The number of thioether (sulfide) groups is 1. The van der Waals surface area contributed by atoms with E-state index in [9.17, 15) is 0 Å². The third-order valence-corrected chi connectivity index (χ3v) is 2.91. The number of ether oxygens (including phenoxy) is 1. The molecule has 0 spiro atoms. The molecule has 0 amide bonds. The largest absolute Gasteiger partial charge is 0.385 e. The van der Waals surface area contributed by atoms with E-state index in [0.717, 1.165) is 30.1 Å². The Kier molecular flexibility index (Phi) is 5.40. The SMILES string of the molecule is COCCCSCc1cccnc1N. The van der Waals surface area contributed by atoms with Gasteiger partial charge in [-0.05, 0) is 18.2 Å². The molecule has 0 bridgehead atoms. The second-order valence-corrected chi connectivity index (χ2v) is 4.05. The summed E-state index contributed by atoms with van der Waals surface area (Å²) in [6, 6.07) is 3.94. The molecule has 0 aliphatic carbocycles. The molecule has 0 atom stereocenters. The van der Waals surface area contributed by atoms with Crippen molar-refractivity contribution in [3.8, 4) is 0 Å². The number of methoxy groups -OCH3 is 1. The number of pyridine rings is 1. The summed E-state index contributed by atoms with van der Waals surface area (Å²) in [5.41, 5.74) is 6.83. The van der Waals surface area contributed by atoms with E-state index in [0.29, 0.717) is 5.82 Å². The number of aromatic nitrogens is 1. The Morgan fingerprint density at radius 2 is 2.43 bits per heavy atom. The van der Waals surface area contributed by atoms with Gasteiger partial charge in [0.1, 0.15) is 5.82 Å². The van der Waals surface area contributed by atoms with Gasteiger partial charge in [0.2, 0.25) is 0 Å². The Morgan fingerprint density at radius 3 is 3.14 bits per heavy atom. The summed E-state index contributed by atoms with van der Waals surface area (Å²) in [5.74, 6) is 2.68. The van der Waals surface area contributed by atoms with Crippen molar-refractivity contribution in [3.05, 3.63) is 23.9 Å². The van der Waals surface area contributed by atoms with Crippen molar-refractivity contribution in [1.82, 2.24) is 4.98 Å². The molecule has 78 valence electrons. The number of nitrogens with two attached hydrogens (primary N) is 1. The summed E-state index contributed by atoms with van der Waals surface area (Å²) in [7, 11) is 1.73. The predicted octanol–water partition coefficient (Wildman–Crippen LogP) is 1.93. The van der Waals surface area contributed by atoms with Crippen LogP contribution in [0, 0.1) is 0 Å². The van der Waals surface area contributed by atoms with E-state index in [2.05, 4.69) is 4.98 Å². The molecule has 0 saturated carbocycles. The van der Waals surface area contributed by atoms with Crippen molar-refractivity contribution in [2.45, 2.75) is 12.2 Å². The van der Waals surface area contributed by atoms with Gasteiger partial charge in [-0.3, -0.25) is 0 Å². The molecule has 14 heavy (non-hydrogen) atoms. The maximum atomic E-state index is 5.71. The van der Waals surface area contributed by atoms with Gasteiger partial charge >= 0.3 is 0 Å². The summed E-state index contributed by atoms with van der Waals surface area (Å²) in [5, 5.41) is 0. The third kappa shape index (κ3) is 3.98. The standard InChI is InChI=1S/C10H16N2OS/c1-13-6-3-7-14-8-9-4-2-5-12-10(9)11/h2,4-5H,3,6-8H2,1H3,(H2,11,12). The fraction of sp³-hybridized carbons (Fsp3) is 0.500. The molecule has 0 aromatic carbocycles. The molecule has 0 aliphatic heterocycles. The number of rotatable bonds is 6. The summed E-state index contributed by atoms with van der Waals surface area (Å²) >= 11 is 1.86. The first kappa shape index (κ1) is 11.3. The lowest BCUT2D eigenvalue weighted by molar-refractivity contribution is 0.200. The van der Waals surface area contributed by atoms with E-state index in [-0.39, 0.29) is 0 Å². The molecule has 0 aliphatic rings. The maximum Gasteiger partial charge on any atom is 0.127 e. The number of hydrogen-bond donors (Lipinski definition) is 1. The number of nitrogen functional groups attached to an aromatic ring is 1. The monoisotopic (exact) mass is 212 g/mol. The Labute approximate surface area is 89.1 Å². The first-order chi connectivity index (χ1) is 6.84. The van der Waals surface area contributed by atoms with Crippen molar-refractivity contribution < 1.29 is 4.74 Å². The van der Waals surface area contributed by atoms with Crippen LogP contribution in [-0.2, 0) is 10.5 Å². The van der Waals surface area contributed by atoms with E-state index in [1.165, 1.54) is 0 Å². The maximum absolute atomic E-state index is 5.71. The van der Waals surface area contributed by atoms with Crippen molar-refractivity contribution in [1.29, 1.82) is 0 Å². The molecular formula is C10H16N2OS. The first-order valence-electron chi connectivity index (χ1n) is 4.60. The number of anilines is 1. The van der Waals surface area contributed by atoms with Gasteiger partial charge in [0.25, 0.3) is 0 Å². The second kappa shape index (κ2) is 6.68. The van der Waals surface area contributed by atoms with E-state index in [1.54, 1.807) is 13.3 Å². The molecule has 4 heteroatoms. The van der Waals surface area contributed by atoms with Gasteiger partial charge in [-0.25, -0.2) is 4.98 Å². The zero-order chi connectivity index (χ0) is 10.2. The van der Waals surface area contributed by atoms with Crippen molar-refractivity contribution >= 4 is 17.6 Å². The average Bonchev–Trinajstić information content (AvgIpc) is 2.20. The van der Waals surface area contributed by atoms with Crippen LogP contribution in [0.2, 0.25) is 0 Å². The van der Waals surface area contributed by atoms with Gasteiger partial charge < -0.3 is 10.5 Å². The first-order valence-corrected chi connectivity index (χ1v) is 5.76. The Morgan fingerprint density at radius 1 is 1.57 bits per heavy atom. The molecule has 1 rings (SSSR count). The van der Waals surface area contributed by atoms with Crippen molar-refractivity contribution in [3.63, 3.8) is 0 Å². The van der Waals surface area contributed by atoms with Crippen LogP contribution in [0.15, 0.2) is 18.3 Å². The highest BCUT2D eigenvalue weighted by Gasteiger charge is 1.98. The molecule has 0 radical (unpaired) electrons. The highest BCUT2D eigenvalue weighted by Crippen LogP contribution is 2.16. The molecule has 1 aromatic rings. The average molecular weight is 212 g/mol. The van der Waals surface area contributed by atoms with E-state index in [4.69, 9.17) is 10.5 Å². The van der Waals surface area contributed by atoms with Crippen LogP contribution in [0.5, 0.6) is 0 Å². The van der Waals surface area contributed by atoms with E-state index in [1.807, 2.05) is 23.9 Å². The lowest BCUT2D eigenvalue weighted by Crippen LogP contribution is -1.96. The topological polar surface area (TPSA) is 48.1 Å². The molecule has 1 heterocycles. The third-order valence-electron chi connectivity index (χ3n) is 1.82. The smallest absolute Gasteiger partial charge is 0.127 e. The lowest BCUT2D eigenvalue weighted by Gasteiger charge is -2.03. The highest BCUT2D eigenvalue weighted by atomic mass is 32.2. The zero-order valence-electron chi connectivity index (χ0n) is 8.40. The van der Waals surface area contributed by atoms with Crippen LogP contribution < -0.4 is 5.73 Å². The summed E-state index contributed by atoms with van der Waals surface area (Å²) in [6.45, 7) is 0.829. The van der Waals surface area contributed by atoms with Gasteiger partial charge in [0.05, 0.1) is 0 Å². The molecule has 0 saturated heterocycles. The minimum absolute atomic E-state index is 0.645. The minimum atomic E-state index is 0.645. The van der Waals surface area contributed by atoms with E-state index < -0.39 is 0 Å². The Bertz CT molecular complexity index is 268. The van der Waals surface area contributed by atoms with Gasteiger partial charge in [-0.1, -0.05) is 6.07 Å². The zero-order valence-corrected chi connectivity index (χ0v) is 9.22. The number of nitrogens with zero attached hydrogens (tertiary/aromatic N) is 1. The Balaban J connectivity index is 2.21. The van der Waals surface area contributed by atoms with Crippen LogP contribution in [0.25, 0.3) is 0 Å². The van der Waals surface area contributed by atoms with Crippen LogP contribution in [0.1, 0.15) is 12.0 Å². The van der Waals surface area contributed by atoms with Crippen LogP contribution >= 0.6 is 11.8 Å². The quantitative estimate of drug-likeness (QED) is 0.732. The number of hydrogen-bond acceptors (Lipinski definition) is 4. The lowest BCUT2D eigenvalue weighted by atomic mass is 10.3. The minimum Gasteiger partial charge on any atom is -0.385 e.